The van der Waals surface area contributed by atoms with Crippen LogP contribution in [-0.2, 0) is 0 Å². The van der Waals surface area contributed by atoms with Crippen molar-refractivity contribution in [1.82, 2.24) is 25.1 Å². The third kappa shape index (κ3) is 3.65. The first-order valence-electron chi connectivity index (χ1n) is 8.97. The van der Waals surface area contributed by atoms with Crippen molar-refractivity contribution in [3.8, 4) is 34.3 Å². The zero-order valence-electron chi connectivity index (χ0n) is 16.0. The summed E-state index contributed by atoms with van der Waals surface area (Å²) in [7, 11) is 3.19. The van der Waals surface area contributed by atoms with Crippen LogP contribution >= 0.6 is 0 Å². The van der Waals surface area contributed by atoms with Gasteiger partial charge in [0, 0.05) is 29.7 Å². The Morgan fingerprint density at radius 1 is 0.931 bits per heavy atom. The molecule has 4 rings (SSSR count). The first-order chi connectivity index (χ1) is 14.2. The van der Waals surface area contributed by atoms with Crippen molar-refractivity contribution in [2.45, 2.75) is 6.04 Å². The van der Waals surface area contributed by atoms with Crippen LogP contribution in [0.25, 0.3) is 22.8 Å². The average Bonchev–Trinajstić information content (AvgIpc) is 3.29. The first-order valence-corrected chi connectivity index (χ1v) is 8.97. The number of aromatic nitrogens is 5. The summed E-state index contributed by atoms with van der Waals surface area (Å²) >= 11 is 0. The Morgan fingerprint density at radius 3 is 2.48 bits per heavy atom. The van der Waals surface area contributed by atoms with Gasteiger partial charge in [0.2, 0.25) is 0 Å². The lowest BCUT2D eigenvalue weighted by Crippen LogP contribution is -2.15. The van der Waals surface area contributed by atoms with Crippen molar-refractivity contribution in [3.05, 3.63) is 72.3 Å². The van der Waals surface area contributed by atoms with Gasteiger partial charge in [0.1, 0.15) is 0 Å². The van der Waals surface area contributed by atoms with E-state index in [9.17, 15) is 0 Å². The summed E-state index contributed by atoms with van der Waals surface area (Å²) < 4.78 is 10.7. The maximum absolute atomic E-state index is 6.45. The third-order valence-electron chi connectivity index (χ3n) is 4.58. The minimum Gasteiger partial charge on any atom is -0.493 e. The minimum atomic E-state index is -0.436. The van der Waals surface area contributed by atoms with Crippen molar-refractivity contribution in [3.63, 3.8) is 0 Å². The zero-order valence-corrected chi connectivity index (χ0v) is 16.0. The Bertz CT molecular complexity index is 1110. The average molecular weight is 388 g/mol. The highest BCUT2D eigenvalue weighted by Crippen LogP contribution is 2.32. The second-order valence-corrected chi connectivity index (χ2v) is 6.29. The highest BCUT2D eigenvalue weighted by molar-refractivity contribution is 5.65. The second kappa shape index (κ2) is 8.07. The topological polar surface area (TPSA) is 112 Å². The van der Waals surface area contributed by atoms with Crippen molar-refractivity contribution >= 4 is 0 Å². The predicted octanol–water partition coefficient (Wildman–Crippen LogP) is 2.99. The predicted molar refractivity (Wildman–Crippen MR) is 108 cm³/mol. The molecule has 1 unspecified atom stereocenters. The van der Waals surface area contributed by atoms with Gasteiger partial charge in [-0.15, -0.1) is 10.2 Å². The Morgan fingerprint density at radius 2 is 1.72 bits per heavy atom. The van der Waals surface area contributed by atoms with E-state index in [0.717, 1.165) is 16.7 Å². The lowest BCUT2D eigenvalue weighted by molar-refractivity contribution is 0.355. The molecule has 0 amide bonds. The summed E-state index contributed by atoms with van der Waals surface area (Å²) in [6.45, 7) is 0. The summed E-state index contributed by atoms with van der Waals surface area (Å²) in [6, 6.07) is 12.6. The third-order valence-corrected chi connectivity index (χ3v) is 4.58. The number of methoxy groups -OCH3 is 2. The van der Waals surface area contributed by atoms with Crippen molar-refractivity contribution in [2.75, 3.05) is 14.2 Å². The van der Waals surface area contributed by atoms with Gasteiger partial charge in [0.15, 0.2) is 23.1 Å². The smallest absolute Gasteiger partial charge is 0.163 e. The summed E-state index contributed by atoms with van der Waals surface area (Å²) in [5, 5.41) is 8.59. The number of pyridine rings is 2. The Balaban J connectivity index is 1.71. The van der Waals surface area contributed by atoms with E-state index < -0.39 is 6.04 Å². The number of hydrogen-bond acceptors (Lipinski definition) is 7. The normalized spacial score (nSPS) is 11.8. The van der Waals surface area contributed by atoms with Crippen LogP contribution in [0.1, 0.15) is 17.3 Å². The van der Waals surface area contributed by atoms with Crippen LogP contribution in [0.2, 0.25) is 0 Å². The van der Waals surface area contributed by atoms with Crippen molar-refractivity contribution < 1.29 is 9.47 Å². The van der Waals surface area contributed by atoms with E-state index >= 15 is 0 Å². The van der Waals surface area contributed by atoms with Crippen LogP contribution < -0.4 is 15.2 Å². The van der Waals surface area contributed by atoms with Gasteiger partial charge in [-0.2, -0.15) is 0 Å². The highest BCUT2D eigenvalue weighted by atomic mass is 16.5. The number of nitrogens with one attached hydrogen (secondary N) is 1. The molecule has 0 saturated heterocycles. The molecule has 3 heterocycles. The number of nitrogens with zero attached hydrogens (tertiary/aromatic N) is 4. The molecular weight excluding hydrogens is 368 g/mol. The molecule has 1 atom stereocenters. The quantitative estimate of drug-likeness (QED) is 0.522. The molecule has 0 radical (unpaired) electrons. The number of nitrogens with two attached hydrogens (primary N) is 1. The van der Waals surface area contributed by atoms with E-state index in [0.29, 0.717) is 28.8 Å². The molecule has 0 saturated carbocycles. The van der Waals surface area contributed by atoms with E-state index in [1.165, 1.54) is 0 Å². The number of benzene rings is 1. The molecule has 0 spiro atoms. The first kappa shape index (κ1) is 18.6. The van der Waals surface area contributed by atoms with Crippen LogP contribution in [0.4, 0.5) is 0 Å². The summed E-state index contributed by atoms with van der Waals surface area (Å²) in [6.07, 6.45) is 5.15. The molecule has 0 aliphatic heterocycles. The van der Waals surface area contributed by atoms with E-state index in [2.05, 4.69) is 25.1 Å². The molecular formula is C21H20N6O2. The van der Waals surface area contributed by atoms with Crippen LogP contribution in [0.5, 0.6) is 11.5 Å². The van der Waals surface area contributed by atoms with Gasteiger partial charge in [-0.3, -0.25) is 9.97 Å². The van der Waals surface area contributed by atoms with Gasteiger partial charge in [-0.1, -0.05) is 6.07 Å². The monoisotopic (exact) mass is 388 g/mol. The lowest BCUT2D eigenvalue weighted by atomic mass is 10.0. The van der Waals surface area contributed by atoms with Gasteiger partial charge < -0.3 is 20.2 Å². The number of hydrogen-bond donors (Lipinski definition) is 2. The molecule has 8 nitrogen and oxygen atoms in total. The molecule has 146 valence electrons. The SMILES string of the molecule is COc1ccc(-c2nnc(-c3cccnc3C(N)c3cccnc3)[nH]2)cc1OC. The largest absolute Gasteiger partial charge is 0.493 e. The number of H-pyrrole nitrogens is 1. The number of ether oxygens (including phenoxy) is 2. The van der Waals surface area contributed by atoms with Crippen LogP contribution in [0.3, 0.4) is 0 Å². The fourth-order valence-corrected chi connectivity index (χ4v) is 3.08. The molecule has 3 N–H and O–H groups in total. The van der Waals surface area contributed by atoms with Crippen LogP contribution in [0.15, 0.2) is 61.1 Å². The maximum atomic E-state index is 6.45. The molecule has 0 aliphatic rings. The van der Waals surface area contributed by atoms with Gasteiger partial charge in [0.25, 0.3) is 0 Å². The summed E-state index contributed by atoms with van der Waals surface area (Å²) in [5.74, 6) is 2.44. The van der Waals surface area contributed by atoms with E-state index in [4.69, 9.17) is 15.2 Å². The lowest BCUT2D eigenvalue weighted by Gasteiger charge is -2.14. The molecule has 0 fully saturated rings. The van der Waals surface area contributed by atoms with Gasteiger partial charge in [0.05, 0.1) is 26.0 Å². The minimum absolute atomic E-state index is 0.436. The van der Waals surface area contributed by atoms with Gasteiger partial charge in [-0.25, -0.2) is 0 Å². The van der Waals surface area contributed by atoms with Gasteiger partial charge >= 0.3 is 0 Å². The zero-order chi connectivity index (χ0) is 20.2. The molecule has 1 aromatic carbocycles. The Labute approximate surface area is 167 Å². The Hall–Kier alpha value is -3.78. The molecule has 0 bridgehead atoms. The van der Waals surface area contributed by atoms with E-state index in [1.54, 1.807) is 32.8 Å². The Kier molecular flexibility index (Phi) is 5.17. The molecule has 4 aromatic rings. The number of rotatable bonds is 6. The van der Waals surface area contributed by atoms with E-state index in [-0.39, 0.29) is 0 Å². The van der Waals surface area contributed by atoms with Crippen LogP contribution in [0, 0.1) is 0 Å². The molecule has 8 heteroatoms. The maximum Gasteiger partial charge on any atom is 0.163 e. The highest BCUT2D eigenvalue weighted by Gasteiger charge is 2.19. The van der Waals surface area contributed by atoms with E-state index in [1.807, 2.05) is 42.5 Å². The molecule has 0 aliphatic carbocycles. The standard InChI is InChI=1S/C21H20N6O2/c1-28-16-8-7-13(11-17(16)29-2)20-25-21(27-26-20)15-6-4-10-24-19(15)18(22)14-5-3-9-23-12-14/h3-12,18H,22H2,1-2H3,(H,25,26,27). The van der Waals surface area contributed by atoms with Crippen molar-refractivity contribution in [2.24, 2.45) is 5.73 Å². The summed E-state index contributed by atoms with van der Waals surface area (Å²) in [4.78, 5) is 11.9. The van der Waals surface area contributed by atoms with Gasteiger partial charge in [-0.05, 0) is 42.0 Å². The summed E-state index contributed by atoms with van der Waals surface area (Å²) in [5.41, 5.74) is 9.61. The van der Waals surface area contributed by atoms with Crippen LogP contribution in [-0.4, -0.2) is 39.4 Å². The molecule has 3 aromatic heterocycles. The molecule has 29 heavy (non-hydrogen) atoms. The fraction of sp³-hybridized carbons (Fsp3) is 0.143. The fourth-order valence-electron chi connectivity index (χ4n) is 3.08. The van der Waals surface area contributed by atoms with Crippen molar-refractivity contribution in [1.29, 1.82) is 0 Å². The second-order valence-electron chi connectivity index (χ2n) is 6.29. The number of aromatic amines is 1.